The molecule has 0 saturated heterocycles. The van der Waals surface area contributed by atoms with E-state index >= 15 is 0 Å². The van der Waals surface area contributed by atoms with Gasteiger partial charge in [0.05, 0.1) is 0 Å². The van der Waals surface area contributed by atoms with Crippen LogP contribution in [0, 0.1) is 11.3 Å². The molecule has 2 heterocycles. The van der Waals surface area contributed by atoms with Crippen molar-refractivity contribution in [3.63, 3.8) is 0 Å². The summed E-state index contributed by atoms with van der Waals surface area (Å²) in [6, 6.07) is 3.42. The van der Waals surface area contributed by atoms with Gasteiger partial charge in [0.15, 0.2) is 11.6 Å². The molecule has 0 aromatic carbocycles. The van der Waals surface area contributed by atoms with Crippen LogP contribution in [-0.2, 0) is 12.8 Å². The number of rotatable bonds is 0. The summed E-state index contributed by atoms with van der Waals surface area (Å²) in [7, 11) is 0. The van der Waals surface area contributed by atoms with Gasteiger partial charge in [-0.05, 0) is 49.7 Å². The number of carbonyl (C=O) groups excluding carboxylic acids is 2. The summed E-state index contributed by atoms with van der Waals surface area (Å²) in [6.45, 7) is 0. The van der Waals surface area contributed by atoms with Crippen molar-refractivity contribution in [3.05, 3.63) is 67.0 Å². The summed E-state index contributed by atoms with van der Waals surface area (Å²) >= 11 is 0. The maximum absolute atomic E-state index is 11.7. The largest absolute Gasteiger partial charge is 0.328 e. The first-order valence-electron chi connectivity index (χ1n) is 9.44. The van der Waals surface area contributed by atoms with Crippen LogP contribution >= 0.6 is 0 Å². The van der Waals surface area contributed by atoms with Crippen LogP contribution in [-0.4, -0.2) is 21.5 Å². The molecular formula is C21H21N3O4. The highest BCUT2D eigenvalue weighted by Gasteiger charge is 2.20. The fraction of sp³-hybridized carbons (Fsp3) is 0.381. The fourth-order valence-electron chi connectivity index (χ4n) is 3.63. The van der Waals surface area contributed by atoms with Crippen LogP contribution in [0.1, 0.15) is 75.9 Å². The molecule has 0 bridgehead atoms. The molecule has 7 nitrogen and oxygen atoms in total. The molecule has 28 heavy (non-hydrogen) atoms. The number of fused-ring (bicyclic) bond motifs is 2. The van der Waals surface area contributed by atoms with Crippen molar-refractivity contribution in [3.8, 4) is 6.07 Å². The molecule has 0 spiro atoms. The van der Waals surface area contributed by atoms with Crippen LogP contribution in [0.5, 0.6) is 0 Å². The number of aryl methyl sites for hydroxylation is 1. The predicted molar refractivity (Wildman–Crippen MR) is 103 cm³/mol. The van der Waals surface area contributed by atoms with Crippen molar-refractivity contribution in [1.29, 1.82) is 5.26 Å². The highest BCUT2D eigenvalue weighted by atomic mass is 16.1. The first-order chi connectivity index (χ1) is 13.5. The van der Waals surface area contributed by atoms with Crippen molar-refractivity contribution in [2.75, 3.05) is 0 Å². The zero-order valence-corrected chi connectivity index (χ0v) is 15.5. The summed E-state index contributed by atoms with van der Waals surface area (Å²) in [5, 5.41) is 8.87. The van der Waals surface area contributed by atoms with E-state index in [9.17, 15) is 19.2 Å². The molecule has 0 fully saturated rings. The minimum atomic E-state index is -0.397. The second-order valence-electron chi connectivity index (χ2n) is 6.99. The number of ketones is 2. The molecule has 2 aliphatic carbocycles. The summed E-state index contributed by atoms with van der Waals surface area (Å²) < 4.78 is 0. The van der Waals surface area contributed by atoms with Gasteiger partial charge in [0.2, 0.25) is 5.56 Å². The number of Topliss-reactive ketones (excluding diaryl/α,β-unsaturated/α-hetero) is 2. The van der Waals surface area contributed by atoms with Crippen molar-refractivity contribution >= 4 is 11.6 Å². The lowest BCUT2D eigenvalue weighted by Gasteiger charge is -2.04. The Labute approximate surface area is 161 Å². The van der Waals surface area contributed by atoms with Crippen LogP contribution < -0.4 is 11.1 Å². The van der Waals surface area contributed by atoms with Gasteiger partial charge in [-0.15, -0.1) is 0 Å². The van der Waals surface area contributed by atoms with Crippen LogP contribution in [0.4, 0.5) is 0 Å². The monoisotopic (exact) mass is 379 g/mol. The molecule has 2 aromatic rings. The number of nitriles is 1. The van der Waals surface area contributed by atoms with Gasteiger partial charge in [0.25, 0.3) is 5.56 Å². The highest BCUT2D eigenvalue weighted by Crippen LogP contribution is 2.21. The van der Waals surface area contributed by atoms with Crippen molar-refractivity contribution in [2.24, 2.45) is 0 Å². The minimum absolute atomic E-state index is 0.0234. The quantitative estimate of drug-likeness (QED) is 0.681. The number of nitrogens with one attached hydrogen (secondary N) is 2. The molecule has 144 valence electrons. The van der Waals surface area contributed by atoms with E-state index in [0.29, 0.717) is 36.0 Å². The standard InChI is InChI=1S/C11H10N2O2.C10H11NO2/c12-5-8-7-3-1-2-4-10(14)9(7)6-13-11(8)15;12-9-4-2-1-3-7-5-10(13)11-6-8(7)9/h6H,1-4H2,(H,13,15);5-6H,1-4H2,(H,11,13). The van der Waals surface area contributed by atoms with Gasteiger partial charge in [0.1, 0.15) is 11.6 Å². The maximum Gasteiger partial charge on any atom is 0.266 e. The van der Waals surface area contributed by atoms with E-state index < -0.39 is 5.56 Å². The number of nitrogens with zero attached hydrogens (tertiary/aromatic N) is 1. The van der Waals surface area contributed by atoms with E-state index in [1.165, 1.54) is 6.20 Å². The third kappa shape index (κ3) is 4.17. The van der Waals surface area contributed by atoms with Crippen molar-refractivity contribution in [2.45, 2.75) is 51.4 Å². The molecule has 2 aliphatic rings. The topological polar surface area (TPSA) is 124 Å². The number of hydrogen-bond donors (Lipinski definition) is 2. The average molecular weight is 379 g/mol. The summed E-state index contributed by atoms with van der Waals surface area (Å²) in [6.07, 6.45) is 9.21. The van der Waals surface area contributed by atoms with Gasteiger partial charge in [-0.25, -0.2) is 0 Å². The maximum atomic E-state index is 11.7. The van der Waals surface area contributed by atoms with E-state index in [0.717, 1.165) is 37.7 Å². The zero-order chi connectivity index (χ0) is 20.1. The van der Waals surface area contributed by atoms with E-state index in [1.807, 2.05) is 6.07 Å². The Morgan fingerprint density at radius 1 is 0.786 bits per heavy atom. The summed E-state index contributed by atoms with van der Waals surface area (Å²) in [4.78, 5) is 50.5. The van der Waals surface area contributed by atoms with Crippen LogP contribution in [0.25, 0.3) is 0 Å². The van der Waals surface area contributed by atoms with Crippen LogP contribution in [0.15, 0.2) is 28.0 Å². The second kappa shape index (κ2) is 8.61. The van der Waals surface area contributed by atoms with Gasteiger partial charge in [-0.1, -0.05) is 0 Å². The van der Waals surface area contributed by atoms with Crippen LogP contribution in [0.2, 0.25) is 0 Å². The lowest BCUT2D eigenvalue weighted by Crippen LogP contribution is -2.16. The first kappa shape index (κ1) is 19.5. The third-order valence-electron chi connectivity index (χ3n) is 5.10. The predicted octanol–water partition coefficient (Wildman–Crippen LogP) is 2.44. The van der Waals surface area contributed by atoms with Gasteiger partial charge in [-0.2, -0.15) is 5.26 Å². The van der Waals surface area contributed by atoms with E-state index in [1.54, 1.807) is 12.3 Å². The number of H-pyrrole nitrogens is 2. The zero-order valence-electron chi connectivity index (χ0n) is 15.5. The molecule has 4 rings (SSSR count). The molecule has 2 N–H and O–H groups in total. The Morgan fingerprint density at radius 3 is 2.11 bits per heavy atom. The molecule has 2 aromatic heterocycles. The highest BCUT2D eigenvalue weighted by molar-refractivity contribution is 5.98. The van der Waals surface area contributed by atoms with E-state index in [-0.39, 0.29) is 22.7 Å². The molecule has 0 unspecified atom stereocenters. The number of pyridine rings is 2. The molecular weight excluding hydrogens is 358 g/mol. The van der Waals surface area contributed by atoms with Gasteiger partial charge in [-0.3, -0.25) is 19.2 Å². The molecule has 0 amide bonds. The Balaban J connectivity index is 0.000000162. The Kier molecular flexibility index (Phi) is 5.99. The number of carbonyl (C=O) groups is 2. The van der Waals surface area contributed by atoms with Crippen LogP contribution in [0.3, 0.4) is 0 Å². The fourth-order valence-corrected chi connectivity index (χ4v) is 3.63. The van der Waals surface area contributed by atoms with E-state index in [4.69, 9.17) is 5.26 Å². The second-order valence-corrected chi connectivity index (χ2v) is 6.99. The summed E-state index contributed by atoms with van der Waals surface area (Å²) in [5.41, 5.74) is 2.35. The van der Waals surface area contributed by atoms with Crippen molar-refractivity contribution in [1.82, 2.24) is 9.97 Å². The van der Waals surface area contributed by atoms with Gasteiger partial charge < -0.3 is 9.97 Å². The normalized spacial score (nSPS) is 15.8. The smallest absolute Gasteiger partial charge is 0.266 e. The molecule has 7 heteroatoms. The SMILES string of the molecule is N#Cc1c2c(c[nH]c1=O)C(=O)CCCC2.O=C1CCCCc2cc(=O)[nH]cc21. The van der Waals surface area contributed by atoms with Gasteiger partial charge >= 0.3 is 0 Å². The van der Waals surface area contributed by atoms with Crippen molar-refractivity contribution < 1.29 is 9.59 Å². The lowest BCUT2D eigenvalue weighted by molar-refractivity contribution is 0.0973. The molecule has 0 atom stereocenters. The number of aromatic nitrogens is 2. The Hall–Kier alpha value is -3.27. The van der Waals surface area contributed by atoms with Gasteiger partial charge in [0, 0.05) is 42.4 Å². The first-order valence-corrected chi connectivity index (χ1v) is 9.44. The molecule has 0 radical (unpaired) electrons. The Morgan fingerprint density at radius 2 is 1.39 bits per heavy atom. The average Bonchev–Trinajstić information content (AvgIpc) is 2.98. The lowest BCUT2D eigenvalue weighted by atomic mass is 10.0. The molecule has 0 saturated carbocycles. The summed E-state index contributed by atoms with van der Waals surface area (Å²) in [5.74, 6) is 0.180. The number of aromatic amines is 2. The van der Waals surface area contributed by atoms with E-state index in [2.05, 4.69) is 9.97 Å². The molecule has 0 aliphatic heterocycles. The Bertz CT molecular complexity index is 1070. The third-order valence-corrected chi connectivity index (χ3v) is 5.10. The number of hydrogen-bond acceptors (Lipinski definition) is 5. The minimum Gasteiger partial charge on any atom is -0.328 e.